The molecular formula is C7H9AlN2O. The molecule has 3 N–H and O–H groups in total. The van der Waals surface area contributed by atoms with Crippen LogP contribution < -0.4 is 9.02 Å². The summed E-state index contributed by atoms with van der Waals surface area (Å²) in [5.74, 6) is -0.0697. The van der Waals surface area contributed by atoms with Crippen LogP contribution in [-0.4, -0.2) is 21.6 Å². The highest BCUT2D eigenvalue weighted by atomic mass is 27.1. The van der Waals surface area contributed by atoms with Crippen molar-refractivity contribution in [2.75, 3.05) is 0 Å². The number of nitrogens with two attached hydrogens (primary N) is 1. The molecule has 0 unspecified atom stereocenters. The van der Waals surface area contributed by atoms with E-state index in [-0.39, 0.29) is 5.91 Å². The van der Waals surface area contributed by atoms with Gasteiger partial charge in [0.05, 0.1) is 0 Å². The van der Waals surface area contributed by atoms with Gasteiger partial charge in [0.1, 0.15) is 0 Å². The number of hydrogen-bond donors (Lipinski definition) is 2. The van der Waals surface area contributed by atoms with Crippen molar-refractivity contribution >= 4 is 21.6 Å². The van der Waals surface area contributed by atoms with Gasteiger partial charge in [0.15, 0.2) is 0 Å². The first kappa shape index (κ1) is 8.28. The van der Waals surface area contributed by atoms with Crippen LogP contribution >= 0.6 is 0 Å². The molecule has 0 saturated heterocycles. The predicted octanol–water partition coefficient (Wildman–Crippen LogP) is -0.358. The van der Waals surface area contributed by atoms with Crippen molar-refractivity contribution in [2.24, 2.45) is 4.72 Å². The van der Waals surface area contributed by atoms with Gasteiger partial charge >= 0.3 is 15.7 Å². The van der Waals surface area contributed by atoms with Crippen molar-refractivity contribution in [3.8, 4) is 0 Å². The molecule has 0 bridgehead atoms. The minimum atomic E-state index is -0.877. The molecule has 0 fully saturated rings. The minimum Gasteiger partial charge on any atom is -0.432 e. The number of benzene rings is 1. The molecule has 0 saturated carbocycles. The van der Waals surface area contributed by atoms with Crippen LogP contribution in [-0.2, 0) is 0 Å². The Kier molecular flexibility index (Phi) is 3.12. The third-order valence-electron chi connectivity index (χ3n) is 1.30. The molecule has 0 aromatic heterocycles. The smallest absolute Gasteiger partial charge is 0.432 e. The second-order valence-corrected chi connectivity index (χ2v) is 2.84. The van der Waals surface area contributed by atoms with E-state index in [0.717, 1.165) is 0 Å². The van der Waals surface area contributed by atoms with Gasteiger partial charge in [0.25, 0.3) is 0 Å². The molecule has 11 heavy (non-hydrogen) atoms. The molecule has 0 spiro atoms. The van der Waals surface area contributed by atoms with Crippen LogP contribution in [0.15, 0.2) is 30.3 Å². The highest BCUT2D eigenvalue weighted by molar-refractivity contribution is 6.34. The van der Waals surface area contributed by atoms with Crippen LogP contribution in [0.2, 0.25) is 0 Å². The van der Waals surface area contributed by atoms with E-state index < -0.39 is 15.7 Å². The Hall–Kier alpha value is -0.818. The van der Waals surface area contributed by atoms with Gasteiger partial charge in [-0.1, -0.05) is 18.2 Å². The number of carbonyl (C=O) groups is 1. The van der Waals surface area contributed by atoms with Gasteiger partial charge in [0, 0.05) is 5.56 Å². The van der Waals surface area contributed by atoms with E-state index in [9.17, 15) is 4.79 Å². The molecule has 0 radical (unpaired) electrons. The van der Waals surface area contributed by atoms with Crippen LogP contribution in [0.4, 0.5) is 0 Å². The fourth-order valence-electron chi connectivity index (χ4n) is 0.784. The zero-order valence-electron chi connectivity index (χ0n) is 6.08. The Bertz CT molecular complexity index is 237. The Balaban J connectivity index is 2.69. The Labute approximate surface area is 71.7 Å². The second kappa shape index (κ2) is 4.14. The standard InChI is InChI=1S/C7H7NO.Al.H2N.H/c8-7(9)6-4-2-1-3-5-6;;;/h1-5H,(H2,8,9);;1H2;/q;+2;-1;/p-1. The SMILES string of the molecule is [NH2][AlH][NH]C(=O)c1ccccc1. The number of rotatable bonds is 2. The van der Waals surface area contributed by atoms with Crippen molar-refractivity contribution in [3.05, 3.63) is 35.9 Å². The van der Waals surface area contributed by atoms with Gasteiger partial charge in [-0.2, -0.15) is 0 Å². The summed E-state index contributed by atoms with van der Waals surface area (Å²) in [5, 5.41) is 0. The van der Waals surface area contributed by atoms with Gasteiger partial charge in [-0.25, -0.2) is 0 Å². The van der Waals surface area contributed by atoms with Crippen molar-refractivity contribution in [2.45, 2.75) is 0 Å². The average molecular weight is 164 g/mol. The molecule has 1 aromatic rings. The quantitative estimate of drug-likeness (QED) is 0.586. The van der Waals surface area contributed by atoms with Crippen molar-refractivity contribution in [1.82, 2.24) is 4.30 Å². The van der Waals surface area contributed by atoms with Crippen LogP contribution in [0, 0.1) is 0 Å². The summed E-state index contributed by atoms with van der Waals surface area (Å²) in [6, 6.07) is 9.05. The molecule has 0 heterocycles. The Morgan fingerprint density at radius 3 is 2.55 bits per heavy atom. The third-order valence-corrected chi connectivity index (χ3v) is 1.82. The normalized spacial score (nSPS) is 8.82. The first-order valence-electron chi connectivity index (χ1n) is 3.38. The van der Waals surface area contributed by atoms with Gasteiger partial charge in [-0.15, -0.1) is 0 Å². The maximum atomic E-state index is 11.1. The molecule has 0 atom stereocenters. The van der Waals surface area contributed by atoms with Crippen LogP contribution in [0.25, 0.3) is 0 Å². The van der Waals surface area contributed by atoms with Crippen LogP contribution in [0.3, 0.4) is 0 Å². The summed E-state index contributed by atoms with van der Waals surface area (Å²) in [5.41, 5.74) is 0.672. The third kappa shape index (κ3) is 2.36. The fourth-order valence-corrected chi connectivity index (χ4v) is 1.17. The maximum absolute atomic E-state index is 11.1. The number of nitrogens with one attached hydrogen (secondary N) is 1. The highest BCUT2D eigenvalue weighted by Crippen LogP contribution is 1.96. The van der Waals surface area contributed by atoms with Crippen molar-refractivity contribution in [1.29, 1.82) is 0 Å². The van der Waals surface area contributed by atoms with Gasteiger partial charge in [-0.3, -0.25) is 4.79 Å². The molecule has 0 aliphatic heterocycles. The Morgan fingerprint density at radius 2 is 2.00 bits per heavy atom. The lowest BCUT2D eigenvalue weighted by atomic mass is 10.2. The first-order chi connectivity index (χ1) is 5.34. The van der Waals surface area contributed by atoms with Crippen molar-refractivity contribution < 1.29 is 4.79 Å². The molecule has 4 heteroatoms. The van der Waals surface area contributed by atoms with E-state index in [4.69, 9.17) is 4.72 Å². The van der Waals surface area contributed by atoms with E-state index in [2.05, 4.69) is 4.30 Å². The van der Waals surface area contributed by atoms with E-state index in [0.29, 0.717) is 5.56 Å². The molecule has 0 aliphatic rings. The second-order valence-electron chi connectivity index (χ2n) is 2.08. The minimum absolute atomic E-state index is 0.0697. The highest BCUT2D eigenvalue weighted by Gasteiger charge is 2.01. The van der Waals surface area contributed by atoms with E-state index in [1.54, 1.807) is 12.1 Å². The van der Waals surface area contributed by atoms with Gasteiger partial charge in [-0.05, 0) is 12.1 Å². The molecule has 1 rings (SSSR count). The monoisotopic (exact) mass is 164 g/mol. The van der Waals surface area contributed by atoms with Crippen molar-refractivity contribution in [3.63, 3.8) is 0 Å². The number of hydrogen-bond acceptors (Lipinski definition) is 2. The van der Waals surface area contributed by atoms with E-state index in [1.165, 1.54) is 0 Å². The first-order valence-corrected chi connectivity index (χ1v) is 4.90. The summed E-state index contributed by atoms with van der Waals surface area (Å²) >= 11 is -0.877. The largest absolute Gasteiger partial charge is 0.499 e. The molecule has 56 valence electrons. The summed E-state index contributed by atoms with van der Waals surface area (Å²) in [7, 11) is 0. The summed E-state index contributed by atoms with van der Waals surface area (Å²) < 4.78 is 7.91. The summed E-state index contributed by atoms with van der Waals surface area (Å²) in [6.07, 6.45) is 0. The molecule has 1 amide bonds. The maximum Gasteiger partial charge on any atom is 0.499 e. The zero-order valence-corrected chi connectivity index (χ0v) is 7.49. The molecule has 3 nitrogen and oxygen atoms in total. The average Bonchev–Trinajstić information content (AvgIpc) is 2.07. The number of amides is 1. The lowest BCUT2D eigenvalue weighted by Gasteiger charge is -1.98. The predicted molar refractivity (Wildman–Crippen MR) is 45.2 cm³/mol. The lowest BCUT2D eigenvalue weighted by molar-refractivity contribution is 0.0980. The Morgan fingerprint density at radius 1 is 1.36 bits per heavy atom. The van der Waals surface area contributed by atoms with E-state index >= 15 is 0 Å². The van der Waals surface area contributed by atoms with Crippen LogP contribution in [0.1, 0.15) is 10.4 Å². The zero-order chi connectivity index (χ0) is 8.10. The van der Waals surface area contributed by atoms with Gasteiger partial charge in [0.2, 0.25) is 5.91 Å². The van der Waals surface area contributed by atoms with Gasteiger partial charge < -0.3 is 9.02 Å². The summed E-state index contributed by atoms with van der Waals surface area (Å²) in [4.78, 5) is 11.1. The molecular weight excluding hydrogens is 155 g/mol. The fraction of sp³-hybridized carbons (Fsp3) is 0. The van der Waals surface area contributed by atoms with Crippen LogP contribution in [0.5, 0.6) is 0 Å². The molecule has 0 aliphatic carbocycles. The summed E-state index contributed by atoms with van der Waals surface area (Å²) in [6.45, 7) is 0. The number of carbonyl (C=O) groups excluding carboxylic acids is 1. The van der Waals surface area contributed by atoms with E-state index in [1.807, 2.05) is 18.2 Å². The lowest BCUT2D eigenvalue weighted by Crippen LogP contribution is -2.33. The topological polar surface area (TPSA) is 55.1 Å². The molecule has 1 aromatic carbocycles.